The summed E-state index contributed by atoms with van der Waals surface area (Å²) in [5.74, 6) is 3.42. The molecule has 8 rings (SSSR count). The van der Waals surface area contributed by atoms with Gasteiger partial charge < -0.3 is 4.74 Å². The van der Waals surface area contributed by atoms with Gasteiger partial charge in [0.2, 0.25) is 0 Å². The minimum Gasteiger partial charge on any atom is -0.486 e. The molecule has 2 nitrogen and oxygen atoms in total. The van der Waals surface area contributed by atoms with E-state index in [4.69, 9.17) is 9.72 Å². The van der Waals surface area contributed by atoms with Crippen LogP contribution in [0.4, 0.5) is 0 Å². The Balaban J connectivity index is 1.58. The lowest BCUT2D eigenvalue weighted by Gasteiger charge is -2.70. The molecule has 0 saturated heterocycles. The molecule has 2 heteroatoms. The first kappa shape index (κ1) is 14.9. The van der Waals surface area contributed by atoms with Crippen LogP contribution < -0.4 is 0 Å². The summed E-state index contributed by atoms with van der Waals surface area (Å²) < 4.78 is 6.52. The molecule has 2 unspecified atom stereocenters. The molecule has 4 saturated carbocycles. The van der Waals surface area contributed by atoms with Crippen LogP contribution in [0.15, 0.2) is 61.0 Å². The second-order valence-electron chi connectivity index (χ2n) is 9.75. The van der Waals surface area contributed by atoms with Gasteiger partial charge in [-0.15, -0.1) is 0 Å². The van der Waals surface area contributed by atoms with Crippen LogP contribution in [-0.4, -0.2) is 10.6 Å². The molecule has 1 aliphatic heterocycles. The quantitative estimate of drug-likeness (QED) is 0.638. The largest absolute Gasteiger partial charge is 0.486 e. The molecule has 2 atom stereocenters. The predicted octanol–water partition coefficient (Wildman–Crippen LogP) is 5.20. The van der Waals surface area contributed by atoms with Gasteiger partial charge in [0.25, 0.3) is 0 Å². The summed E-state index contributed by atoms with van der Waals surface area (Å²) in [5, 5.41) is 0. The van der Waals surface area contributed by atoms with Crippen LogP contribution >= 0.6 is 0 Å². The summed E-state index contributed by atoms with van der Waals surface area (Å²) in [6.07, 6.45) is 27.2. The van der Waals surface area contributed by atoms with E-state index in [-0.39, 0.29) is 10.8 Å². The second kappa shape index (κ2) is 4.66. The molecule has 4 bridgehead atoms. The molecular weight excluding hydrogens is 330 g/mol. The van der Waals surface area contributed by atoms with Crippen LogP contribution in [0, 0.1) is 29.1 Å². The number of hydrogen-bond donors (Lipinski definition) is 0. The number of nitrogens with zero attached hydrogens (tertiary/aromatic N) is 1. The van der Waals surface area contributed by atoms with Crippen LogP contribution in [0.2, 0.25) is 0 Å². The van der Waals surface area contributed by atoms with Gasteiger partial charge in [0.1, 0.15) is 0 Å². The SMILES string of the molecule is C1=CC23C=Cc4ncccc4C2(C=C1)C1(C=CO3)C2CC3CC(C2)CC1C3. The van der Waals surface area contributed by atoms with Gasteiger partial charge in [0.05, 0.1) is 17.4 Å². The first-order valence-electron chi connectivity index (χ1n) is 10.6. The van der Waals surface area contributed by atoms with E-state index in [1.54, 1.807) is 0 Å². The number of ether oxygens (including phenoxy) is 1. The van der Waals surface area contributed by atoms with E-state index in [1.807, 2.05) is 6.20 Å². The number of fused-ring (bicyclic) bond motifs is 1. The van der Waals surface area contributed by atoms with Crippen molar-refractivity contribution in [2.45, 2.75) is 43.1 Å². The van der Waals surface area contributed by atoms with Crippen LogP contribution in [0.3, 0.4) is 0 Å². The maximum absolute atomic E-state index is 6.52. The third-order valence-electron chi connectivity index (χ3n) is 8.95. The van der Waals surface area contributed by atoms with Crippen molar-refractivity contribution in [3.05, 3.63) is 72.3 Å². The number of rotatable bonds is 0. The highest BCUT2D eigenvalue weighted by atomic mass is 16.5. The Morgan fingerprint density at radius 3 is 2.48 bits per heavy atom. The lowest BCUT2D eigenvalue weighted by atomic mass is 9.34. The summed E-state index contributed by atoms with van der Waals surface area (Å²) in [7, 11) is 0. The smallest absolute Gasteiger partial charge is 0.159 e. The zero-order valence-electron chi connectivity index (χ0n) is 15.6. The van der Waals surface area contributed by atoms with Gasteiger partial charge in [-0.25, -0.2) is 0 Å². The van der Waals surface area contributed by atoms with E-state index >= 15 is 0 Å². The zero-order chi connectivity index (χ0) is 17.7. The second-order valence-corrected chi connectivity index (χ2v) is 9.75. The van der Waals surface area contributed by atoms with Crippen LogP contribution in [0.25, 0.3) is 6.08 Å². The Hall–Kier alpha value is -2.09. The molecule has 0 radical (unpaired) electrons. The van der Waals surface area contributed by atoms with Crippen molar-refractivity contribution < 1.29 is 4.74 Å². The number of hydrogen-bond acceptors (Lipinski definition) is 2. The third kappa shape index (κ3) is 1.49. The molecule has 1 aromatic heterocycles. The Kier molecular flexibility index (Phi) is 2.57. The van der Waals surface area contributed by atoms with Gasteiger partial charge in [0.15, 0.2) is 5.60 Å². The van der Waals surface area contributed by atoms with Gasteiger partial charge in [-0.2, -0.15) is 0 Å². The molecule has 4 fully saturated rings. The molecule has 0 amide bonds. The molecule has 0 N–H and O–H groups in total. The fraction of sp³-hybridized carbons (Fsp3) is 0.480. The highest BCUT2D eigenvalue weighted by molar-refractivity contribution is 5.67. The molecule has 1 aromatic rings. The average Bonchev–Trinajstić information content (AvgIpc) is 2.70. The summed E-state index contributed by atoms with van der Waals surface area (Å²) in [5.41, 5.74) is 2.04. The zero-order valence-corrected chi connectivity index (χ0v) is 15.6. The Morgan fingerprint density at radius 1 is 0.889 bits per heavy atom. The van der Waals surface area contributed by atoms with Crippen molar-refractivity contribution in [1.82, 2.24) is 4.98 Å². The number of aromatic nitrogens is 1. The van der Waals surface area contributed by atoms with E-state index in [9.17, 15) is 0 Å². The van der Waals surface area contributed by atoms with E-state index in [1.165, 1.54) is 37.7 Å². The fourth-order valence-corrected chi connectivity index (χ4v) is 8.39. The lowest BCUT2D eigenvalue weighted by molar-refractivity contribution is -0.160. The summed E-state index contributed by atoms with van der Waals surface area (Å²) in [6, 6.07) is 4.44. The Labute approximate surface area is 160 Å². The van der Waals surface area contributed by atoms with E-state index in [2.05, 4.69) is 60.9 Å². The van der Waals surface area contributed by atoms with Gasteiger partial charge in [-0.1, -0.05) is 24.3 Å². The Morgan fingerprint density at radius 2 is 1.67 bits per heavy atom. The minimum atomic E-state index is -0.415. The maximum Gasteiger partial charge on any atom is 0.159 e. The minimum absolute atomic E-state index is 0.141. The van der Waals surface area contributed by atoms with Crippen molar-refractivity contribution in [3.63, 3.8) is 0 Å². The van der Waals surface area contributed by atoms with Gasteiger partial charge in [0, 0.05) is 11.6 Å². The van der Waals surface area contributed by atoms with Crippen LogP contribution in [0.1, 0.15) is 43.4 Å². The molecule has 6 aliphatic carbocycles. The van der Waals surface area contributed by atoms with Gasteiger partial charge in [-0.3, -0.25) is 4.98 Å². The molecule has 0 aromatic carbocycles. The average molecular weight is 355 g/mol. The van der Waals surface area contributed by atoms with Gasteiger partial charge >= 0.3 is 0 Å². The molecular formula is C25H25NO. The van der Waals surface area contributed by atoms with Crippen molar-refractivity contribution in [1.29, 1.82) is 0 Å². The first-order valence-corrected chi connectivity index (χ1v) is 10.6. The van der Waals surface area contributed by atoms with Crippen molar-refractivity contribution in [3.8, 4) is 0 Å². The summed E-state index contributed by atoms with van der Waals surface area (Å²) in [6.45, 7) is 0. The van der Waals surface area contributed by atoms with Gasteiger partial charge in [-0.05, 0) is 91.7 Å². The number of pyridine rings is 1. The van der Waals surface area contributed by atoms with E-state index in [0.717, 1.165) is 29.4 Å². The summed E-state index contributed by atoms with van der Waals surface area (Å²) in [4.78, 5) is 4.76. The van der Waals surface area contributed by atoms with E-state index in [0.29, 0.717) is 0 Å². The van der Waals surface area contributed by atoms with E-state index < -0.39 is 5.60 Å². The van der Waals surface area contributed by atoms with Crippen LogP contribution in [0.5, 0.6) is 0 Å². The Bertz CT molecular complexity index is 925. The normalized spacial score (nSPS) is 49.6. The lowest BCUT2D eigenvalue weighted by Crippen LogP contribution is -2.70. The molecule has 136 valence electrons. The van der Waals surface area contributed by atoms with Crippen LogP contribution in [-0.2, 0) is 10.2 Å². The molecule has 27 heavy (non-hydrogen) atoms. The number of allylic oxidation sites excluding steroid dienone is 3. The standard InChI is InChI=1S/C25H25NO/c1-2-7-25-21-4-3-10-26-22(21)5-8-23(25,6-1)27-11-9-24(25)19-13-17-12-18(15-19)16-20(24)14-17/h1-11,17-20H,12-16H2. The van der Waals surface area contributed by atoms with Crippen molar-refractivity contribution in [2.75, 3.05) is 0 Å². The molecule has 1 spiro atoms. The topological polar surface area (TPSA) is 22.1 Å². The molecule has 7 aliphatic rings. The fourth-order valence-electron chi connectivity index (χ4n) is 8.39. The predicted molar refractivity (Wildman–Crippen MR) is 106 cm³/mol. The van der Waals surface area contributed by atoms with Crippen molar-refractivity contribution >= 4 is 6.08 Å². The highest BCUT2D eigenvalue weighted by Gasteiger charge is 2.72. The molecule has 2 heterocycles. The first-order chi connectivity index (χ1) is 13.3. The maximum atomic E-state index is 6.52. The highest BCUT2D eigenvalue weighted by Crippen LogP contribution is 2.73. The summed E-state index contributed by atoms with van der Waals surface area (Å²) >= 11 is 0. The van der Waals surface area contributed by atoms with Crippen molar-refractivity contribution in [2.24, 2.45) is 29.1 Å². The third-order valence-corrected chi connectivity index (χ3v) is 8.95. The monoisotopic (exact) mass is 355 g/mol.